The predicted octanol–water partition coefficient (Wildman–Crippen LogP) is 3.70. The van der Waals surface area contributed by atoms with E-state index in [-0.39, 0.29) is 0 Å². The van der Waals surface area contributed by atoms with Crippen molar-refractivity contribution in [2.45, 2.75) is 38.8 Å². The summed E-state index contributed by atoms with van der Waals surface area (Å²) in [5.74, 6) is 0. The second-order valence-corrected chi connectivity index (χ2v) is 5.31. The van der Waals surface area contributed by atoms with Crippen molar-refractivity contribution < 1.29 is 4.79 Å². The third-order valence-corrected chi connectivity index (χ3v) is 3.70. The lowest BCUT2D eigenvalue weighted by molar-refractivity contribution is -0.113. The molecule has 1 aromatic carbocycles. The highest BCUT2D eigenvalue weighted by molar-refractivity contribution is 6.33. The second-order valence-electron chi connectivity index (χ2n) is 4.90. The lowest BCUT2D eigenvalue weighted by Crippen LogP contribution is -2.53. The van der Waals surface area contributed by atoms with Crippen LogP contribution >= 0.6 is 11.6 Å². The number of halogens is 1. The molecule has 0 spiro atoms. The molecule has 0 saturated heterocycles. The molecule has 1 N–H and O–H groups in total. The quantitative estimate of drug-likeness (QED) is 0.834. The minimum atomic E-state index is -0.703. The Bertz CT molecular complexity index is 501. The van der Waals surface area contributed by atoms with Crippen LogP contribution in [-0.2, 0) is 4.79 Å². The summed E-state index contributed by atoms with van der Waals surface area (Å²) in [5, 5.41) is 3.94. The molecule has 0 saturated carbocycles. The number of hydrogen-bond donors (Lipinski definition) is 1. The van der Waals surface area contributed by atoms with Crippen LogP contribution in [0.25, 0.3) is 0 Å². The van der Waals surface area contributed by atoms with Gasteiger partial charge in [-0.05, 0) is 31.9 Å². The number of carbonyl (C=O) groups excluding carboxylic acids is 1. The van der Waals surface area contributed by atoms with Crippen molar-refractivity contribution in [3.05, 3.63) is 41.2 Å². The van der Waals surface area contributed by atoms with Crippen molar-refractivity contribution >= 4 is 23.6 Å². The second kappa shape index (κ2) is 5.66. The van der Waals surface area contributed by atoms with Gasteiger partial charge in [0.1, 0.15) is 0 Å². The van der Waals surface area contributed by atoms with Gasteiger partial charge in [-0.15, -0.1) is 0 Å². The Balaban J connectivity index is 2.40. The van der Waals surface area contributed by atoms with Crippen LogP contribution in [-0.4, -0.2) is 11.9 Å². The zero-order valence-electron chi connectivity index (χ0n) is 11.3. The molecule has 1 atom stereocenters. The monoisotopic (exact) mass is 278 g/mol. The normalized spacial score (nSPS) is 22.1. The van der Waals surface area contributed by atoms with E-state index in [1.807, 2.05) is 42.3 Å². The van der Waals surface area contributed by atoms with E-state index in [9.17, 15) is 4.79 Å². The van der Waals surface area contributed by atoms with Crippen LogP contribution in [0, 0.1) is 0 Å². The van der Waals surface area contributed by atoms with E-state index in [1.165, 1.54) is 0 Å². The molecule has 19 heavy (non-hydrogen) atoms. The number of nitrogens with one attached hydrogen (secondary N) is 1. The van der Waals surface area contributed by atoms with Crippen LogP contribution in [0.15, 0.2) is 36.2 Å². The van der Waals surface area contributed by atoms with Gasteiger partial charge in [0.05, 0.1) is 10.7 Å². The summed E-state index contributed by atoms with van der Waals surface area (Å²) in [6.07, 6.45) is 5.72. The van der Waals surface area contributed by atoms with Gasteiger partial charge in [-0.3, -0.25) is 4.79 Å². The molecular formula is C15H19ClN2O. The molecule has 0 aliphatic carbocycles. The summed E-state index contributed by atoms with van der Waals surface area (Å²) < 4.78 is 0. The first kappa shape index (κ1) is 13.9. The first-order chi connectivity index (χ1) is 9.13. The van der Waals surface area contributed by atoms with Gasteiger partial charge in [-0.25, -0.2) is 0 Å². The van der Waals surface area contributed by atoms with Crippen LogP contribution in [0.2, 0.25) is 5.02 Å². The molecule has 1 aromatic rings. The highest BCUT2D eigenvalue weighted by Crippen LogP contribution is 2.35. The zero-order valence-corrected chi connectivity index (χ0v) is 12.1. The molecule has 0 fully saturated rings. The molecule has 2 rings (SSSR count). The van der Waals surface area contributed by atoms with E-state index in [2.05, 4.69) is 12.2 Å². The topological polar surface area (TPSA) is 32.3 Å². The summed E-state index contributed by atoms with van der Waals surface area (Å²) in [6, 6.07) is 7.59. The van der Waals surface area contributed by atoms with Crippen molar-refractivity contribution in [1.29, 1.82) is 0 Å². The van der Waals surface area contributed by atoms with E-state index < -0.39 is 5.66 Å². The Kier molecular flexibility index (Phi) is 4.15. The molecule has 1 heterocycles. The van der Waals surface area contributed by atoms with Gasteiger partial charge in [0.2, 0.25) is 0 Å². The Morgan fingerprint density at radius 3 is 2.79 bits per heavy atom. The average molecular weight is 279 g/mol. The minimum absolute atomic E-state index is 0.651. The number of hydrogen-bond acceptors (Lipinski definition) is 3. The van der Waals surface area contributed by atoms with Crippen LogP contribution in [0.5, 0.6) is 0 Å². The van der Waals surface area contributed by atoms with Gasteiger partial charge < -0.3 is 10.2 Å². The van der Waals surface area contributed by atoms with Crippen molar-refractivity contribution in [2.24, 2.45) is 0 Å². The van der Waals surface area contributed by atoms with Gasteiger partial charge in [0.25, 0.3) is 0 Å². The largest absolute Gasteiger partial charge is 0.359 e. The van der Waals surface area contributed by atoms with Crippen molar-refractivity contribution in [1.82, 2.24) is 5.32 Å². The number of anilines is 1. The highest BCUT2D eigenvalue weighted by Gasteiger charge is 2.40. The first-order valence-electron chi connectivity index (χ1n) is 6.60. The highest BCUT2D eigenvalue weighted by atomic mass is 35.5. The Morgan fingerprint density at radius 1 is 1.42 bits per heavy atom. The summed E-state index contributed by atoms with van der Waals surface area (Å²) in [7, 11) is 0. The third kappa shape index (κ3) is 2.61. The first-order valence-corrected chi connectivity index (χ1v) is 6.97. The SMILES string of the molecule is CCCCC1(C=O)NC(C)=CN1c1ccccc1Cl. The smallest absolute Gasteiger partial charge is 0.171 e. The van der Waals surface area contributed by atoms with Crippen LogP contribution in [0.4, 0.5) is 5.69 Å². The van der Waals surface area contributed by atoms with Crippen LogP contribution < -0.4 is 10.2 Å². The number of carbonyl (C=O) groups is 1. The third-order valence-electron chi connectivity index (χ3n) is 3.38. The van der Waals surface area contributed by atoms with E-state index >= 15 is 0 Å². The van der Waals surface area contributed by atoms with E-state index in [0.29, 0.717) is 5.02 Å². The van der Waals surface area contributed by atoms with E-state index in [1.54, 1.807) is 0 Å². The number of unbranched alkanes of at least 4 members (excludes halogenated alkanes) is 1. The fraction of sp³-hybridized carbons (Fsp3) is 0.400. The Labute approximate surface area is 119 Å². The van der Waals surface area contributed by atoms with Gasteiger partial charge >= 0.3 is 0 Å². The van der Waals surface area contributed by atoms with Crippen LogP contribution in [0.3, 0.4) is 0 Å². The van der Waals surface area contributed by atoms with Gasteiger partial charge in [0.15, 0.2) is 11.9 Å². The predicted molar refractivity (Wildman–Crippen MR) is 79.1 cm³/mol. The zero-order chi connectivity index (χ0) is 13.9. The maximum Gasteiger partial charge on any atom is 0.171 e. The Morgan fingerprint density at radius 2 is 2.16 bits per heavy atom. The number of rotatable bonds is 5. The maximum atomic E-state index is 11.7. The van der Waals surface area contributed by atoms with Crippen LogP contribution in [0.1, 0.15) is 33.1 Å². The summed E-state index contributed by atoms with van der Waals surface area (Å²) in [4.78, 5) is 13.6. The fourth-order valence-corrected chi connectivity index (χ4v) is 2.68. The molecular weight excluding hydrogens is 260 g/mol. The molecule has 0 bridgehead atoms. The molecule has 4 heteroatoms. The van der Waals surface area contributed by atoms with Crippen molar-refractivity contribution in [2.75, 3.05) is 4.90 Å². The number of benzene rings is 1. The molecule has 0 radical (unpaired) electrons. The molecule has 102 valence electrons. The van der Waals surface area contributed by atoms with E-state index in [0.717, 1.165) is 36.9 Å². The summed E-state index contributed by atoms with van der Waals surface area (Å²) >= 11 is 6.26. The molecule has 0 amide bonds. The standard InChI is InChI=1S/C15H19ClN2O/c1-3-4-9-15(11-19)17-12(2)10-18(15)14-8-6-5-7-13(14)16/h5-8,10-11,17H,3-4,9H2,1-2H3. The van der Waals surface area contributed by atoms with Gasteiger partial charge in [0, 0.05) is 11.9 Å². The van der Waals surface area contributed by atoms with Crippen molar-refractivity contribution in [3.63, 3.8) is 0 Å². The summed E-state index contributed by atoms with van der Waals surface area (Å²) in [6.45, 7) is 4.08. The number of para-hydroxylation sites is 1. The fourth-order valence-electron chi connectivity index (χ4n) is 2.45. The van der Waals surface area contributed by atoms with Gasteiger partial charge in [-0.2, -0.15) is 0 Å². The molecule has 1 aliphatic heterocycles. The van der Waals surface area contributed by atoms with E-state index in [4.69, 9.17) is 11.6 Å². The number of nitrogens with zero attached hydrogens (tertiary/aromatic N) is 1. The lowest BCUT2D eigenvalue weighted by atomic mass is 10.0. The maximum absolute atomic E-state index is 11.7. The van der Waals surface area contributed by atoms with Gasteiger partial charge in [-0.1, -0.05) is 37.1 Å². The molecule has 0 aromatic heterocycles. The van der Waals surface area contributed by atoms with Crippen molar-refractivity contribution in [3.8, 4) is 0 Å². The molecule has 1 aliphatic rings. The summed E-state index contributed by atoms with van der Waals surface area (Å²) in [5.41, 5.74) is 1.13. The number of allylic oxidation sites excluding steroid dienone is 1. The minimum Gasteiger partial charge on any atom is -0.359 e. The molecule has 3 nitrogen and oxygen atoms in total. The average Bonchev–Trinajstić information content (AvgIpc) is 2.74. The lowest BCUT2D eigenvalue weighted by Gasteiger charge is -2.35. The molecule has 1 unspecified atom stereocenters. The Hall–Kier alpha value is -1.48. The number of aldehydes is 1.